The van der Waals surface area contributed by atoms with E-state index in [1.807, 2.05) is 30.0 Å². The molecule has 6 nitrogen and oxygen atoms in total. The van der Waals surface area contributed by atoms with E-state index in [-0.39, 0.29) is 17.5 Å². The highest BCUT2D eigenvalue weighted by Crippen LogP contribution is 2.17. The first kappa shape index (κ1) is 12.8. The molecule has 2 aromatic rings. The normalized spacial score (nSPS) is 17.9. The number of benzene rings is 1. The summed E-state index contributed by atoms with van der Waals surface area (Å²) in [6, 6.07) is 7.15. The molecular weight excluding hydrogens is 256 g/mol. The summed E-state index contributed by atoms with van der Waals surface area (Å²) >= 11 is 0. The molecule has 20 heavy (non-hydrogen) atoms. The highest BCUT2D eigenvalue weighted by atomic mass is 16.2. The van der Waals surface area contributed by atoms with Crippen LogP contribution in [-0.2, 0) is 4.79 Å². The van der Waals surface area contributed by atoms with Gasteiger partial charge < -0.3 is 10.3 Å². The number of hydrogen-bond acceptors (Lipinski definition) is 4. The molecule has 1 amide bonds. The van der Waals surface area contributed by atoms with Crippen molar-refractivity contribution in [1.82, 2.24) is 20.2 Å². The minimum absolute atomic E-state index is 0.00577. The van der Waals surface area contributed by atoms with E-state index in [2.05, 4.69) is 15.3 Å². The lowest BCUT2D eigenvalue weighted by atomic mass is 10.2. The predicted molar refractivity (Wildman–Crippen MR) is 75.4 cm³/mol. The number of amides is 1. The van der Waals surface area contributed by atoms with E-state index in [0.717, 1.165) is 6.54 Å². The fourth-order valence-electron chi connectivity index (χ4n) is 2.46. The van der Waals surface area contributed by atoms with Crippen molar-refractivity contribution < 1.29 is 4.79 Å². The molecule has 2 N–H and O–H groups in total. The van der Waals surface area contributed by atoms with E-state index in [1.165, 1.54) is 0 Å². The van der Waals surface area contributed by atoms with Gasteiger partial charge in [0.25, 0.3) is 5.56 Å². The molecule has 1 aromatic heterocycles. The number of carbonyl (C=O) groups excluding carboxylic acids is 1. The van der Waals surface area contributed by atoms with Crippen molar-refractivity contribution >= 4 is 16.8 Å². The molecule has 0 radical (unpaired) electrons. The van der Waals surface area contributed by atoms with Crippen LogP contribution in [0.4, 0.5) is 0 Å². The fourth-order valence-corrected chi connectivity index (χ4v) is 2.46. The molecular formula is C14H16N4O2. The molecule has 2 heterocycles. The first-order chi connectivity index (χ1) is 9.65. The van der Waals surface area contributed by atoms with E-state index in [4.69, 9.17) is 0 Å². The van der Waals surface area contributed by atoms with Gasteiger partial charge in [0.15, 0.2) is 0 Å². The zero-order chi connectivity index (χ0) is 14.1. The van der Waals surface area contributed by atoms with Gasteiger partial charge in [-0.3, -0.25) is 14.5 Å². The maximum absolute atomic E-state index is 12.1. The summed E-state index contributed by atoms with van der Waals surface area (Å²) in [5.41, 5.74) is 0.540. The number of hydrogen-bond donors (Lipinski definition) is 2. The molecule has 1 aliphatic rings. The van der Waals surface area contributed by atoms with Gasteiger partial charge in [0.2, 0.25) is 5.91 Å². The molecule has 0 spiro atoms. The predicted octanol–water partition coefficient (Wildman–Crippen LogP) is 0.416. The fraction of sp³-hybridized carbons (Fsp3) is 0.357. The monoisotopic (exact) mass is 272 g/mol. The number of piperazine rings is 1. The number of nitrogens with zero attached hydrogens (tertiary/aromatic N) is 2. The minimum atomic E-state index is -0.140. The Morgan fingerprint density at radius 1 is 1.30 bits per heavy atom. The Hall–Kier alpha value is -2.21. The maximum atomic E-state index is 12.1. The number of fused-ring (bicyclic) bond motifs is 1. The second kappa shape index (κ2) is 5.05. The summed E-state index contributed by atoms with van der Waals surface area (Å²) in [6.45, 7) is 3.66. The van der Waals surface area contributed by atoms with Gasteiger partial charge in [-0.15, -0.1) is 0 Å². The lowest BCUT2D eigenvalue weighted by molar-refractivity contribution is -0.124. The second-order valence-corrected chi connectivity index (χ2v) is 4.96. The molecule has 1 fully saturated rings. The molecule has 0 saturated carbocycles. The Bertz CT molecular complexity index is 710. The average Bonchev–Trinajstić information content (AvgIpc) is 2.46. The van der Waals surface area contributed by atoms with Gasteiger partial charge in [-0.25, -0.2) is 4.98 Å². The summed E-state index contributed by atoms with van der Waals surface area (Å²) in [5.74, 6) is 0.606. The van der Waals surface area contributed by atoms with Crippen LogP contribution in [-0.4, -0.2) is 40.4 Å². The van der Waals surface area contributed by atoms with Gasteiger partial charge >= 0.3 is 0 Å². The van der Waals surface area contributed by atoms with Crippen LogP contribution in [0.5, 0.6) is 0 Å². The average molecular weight is 272 g/mol. The van der Waals surface area contributed by atoms with E-state index < -0.39 is 0 Å². The third-order valence-corrected chi connectivity index (χ3v) is 3.64. The molecule has 1 atom stereocenters. The highest BCUT2D eigenvalue weighted by molar-refractivity contribution is 5.79. The molecule has 0 aliphatic carbocycles. The third kappa shape index (κ3) is 2.30. The lowest BCUT2D eigenvalue weighted by Crippen LogP contribution is -2.48. The van der Waals surface area contributed by atoms with Gasteiger partial charge in [-0.1, -0.05) is 12.1 Å². The van der Waals surface area contributed by atoms with Crippen LogP contribution < -0.4 is 10.9 Å². The SMILES string of the molecule is C[C@H](c1nc2ccccc2c(=O)[nH]1)N1CCNC(=O)C1. The van der Waals surface area contributed by atoms with Crippen molar-refractivity contribution in [3.63, 3.8) is 0 Å². The number of carbonyl (C=O) groups is 1. The van der Waals surface area contributed by atoms with Crippen molar-refractivity contribution in [1.29, 1.82) is 0 Å². The lowest BCUT2D eigenvalue weighted by Gasteiger charge is -2.31. The van der Waals surface area contributed by atoms with Crippen LogP contribution in [0.2, 0.25) is 0 Å². The number of nitrogens with one attached hydrogen (secondary N) is 2. The van der Waals surface area contributed by atoms with Crippen molar-refractivity contribution in [3.8, 4) is 0 Å². The molecule has 104 valence electrons. The Morgan fingerprint density at radius 3 is 2.90 bits per heavy atom. The number of H-pyrrole nitrogens is 1. The van der Waals surface area contributed by atoms with Gasteiger partial charge in [-0.05, 0) is 19.1 Å². The van der Waals surface area contributed by atoms with Crippen LogP contribution in [0.25, 0.3) is 10.9 Å². The van der Waals surface area contributed by atoms with Crippen LogP contribution >= 0.6 is 0 Å². The van der Waals surface area contributed by atoms with Gasteiger partial charge in [-0.2, -0.15) is 0 Å². The van der Waals surface area contributed by atoms with Crippen LogP contribution in [0.1, 0.15) is 18.8 Å². The van der Waals surface area contributed by atoms with Crippen molar-refractivity contribution in [3.05, 3.63) is 40.4 Å². The van der Waals surface area contributed by atoms with Gasteiger partial charge in [0.1, 0.15) is 5.82 Å². The van der Waals surface area contributed by atoms with Crippen LogP contribution in [0, 0.1) is 0 Å². The zero-order valence-electron chi connectivity index (χ0n) is 11.2. The van der Waals surface area contributed by atoms with Crippen molar-refractivity contribution in [2.45, 2.75) is 13.0 Å². The van der Waals surface area contributed by atoms with E-state index in [9.17, 15) is 9.59 Å². The zero-order valence-corrected chi connectivity index (χ0v) is 11.2. The standard InChI is InChI=1S/C14H16N4O2/c1-9(18-7-6-15-12(19)8-18)13-16-11-5-3-2-4-10(11)14(20)17-13/h2-5,9H,6-8H2,1H3,(H,15,19)(H,16,17,20)/t9-/m1/s1. The van der Waals surface area contributed by atoms with Crippen molar-refractivity contribution in [2.24, 2.45) is 0 Å². The number of para-hydroxylation sites is 1. The maximum Gasteiger partial charge on any atom is 0.258 e. The molecule has 3 rings (SSSR count). The smallest absolute Gasteiger partial charge is 0.258 e. The van der Waals surface area contributed by atoms with Crippen LogP contribution in [0.3, 0.4) is 0 Å². The summed E-state index contributed by atoms with van der Waals surface area (Å²) < 4.78 is 0. The highest BCUT2D eigenvalue weighted by Gasteiger charge is 2.24. The quantitative estimate of drug-likeness (QED) is 0.830. The molecule has 6 heteroatoms. The largest absolute Gasteiger partial charge is 0.354 e. The molecule has 0 unspecified atom stereocenters. The van der Waals surface area contributed by atoms with Crippen molar-refractivity contribution in [2.75, 3.05) is 19.6 Å². The second-order valence-electron chi connectivity index (χ2n) is 4.96. The first-order valence-corrected chi connectivity index (χ1v) is 6.65. The van der Waals surface area contributed by atoms with E-state index in [1.54, 1.807) is 6.07 Å². The third-order valence-electron chi connectivity index (χ3n) is 3.64. The summed E-state index contributed by atoms with van der Waals surface area (Å²) in [5, 5.41) is 3.37. The summed E-state index contributed by atoms with van der Waals surface area (Å²) in [7, 11) is 0. The van der Waals surface area contributed by atoms with Gasteiger partial charge in [0.05, 0.1) is 23.5 Å². The topological polar surface area (TPSA) is 78.1 Å². The molecule has 1 aliphatic heterocycles. The summed E-state index contributed by atoms with van der Waals surface area (Å²) in [4.78, 5) is 32.8. The molecule has 1 saturated heterocycles. The Kier molecular flexibility index (Phi) is 3.23. The number of aromatic amines is 1. The minimum Gasteiger partial charge on any atom is -0.354 e. The van der Waals surface area contributed by atoms with E-state index in [0.29, 0.717) is 29.8 Å². The number of rotatable bonds is 2. The first-order valence-electron chi connectivity index (χ1n) is 6.65. The van der Waals surface area contributed by atoms with Crippen LogP contribution in [0.15, 0.2) is 29.1 Å². The van der Waals surface area contributed by atoms with Gasteiger partial charge in [0, 0.05) is 13.1 Å². The summed E-state index contributed by atoms with van der Waals surface area (Å²) in [6.07, 6.45) is 0. The van der Waals surface area contributed by atoms with E-state index >= 15 is 0 Å². The molecule has 0 bridgehead atoms. The number of aromatic nitrogens is 2. The Labute approximate surface area is 115 Å². The Morgan fingerprint density at radius 2 is 2.10 bits per heavy atom. The molecule has 1 aromatic carbocycles. The Balaban J connectivity index is 1.97.